The highest BCUT2D eigenvalue weighted by Crippen LogP contribution is 2.05. The molecule has 8 heteroatoms. The second kappa shape index (κ2) is 9.65. The molecule has 1 aromatic rings. The van der Waals surface area contributed by atoms with Gasteiger partial charge in [0.05, 0.1) is 6.07 Å². The normalized spacial score (nSPS) is 16.5. The third-order valence-corrected chi connectivity index (χ3v) is 1.18. The Morgan fingerprint density at radius 3 is 2.17 bits per heavy atom. The molecule has 1 aliphatic rings. The second-order valence-corrected chi connectivity index (χ2v) is 2.48. The van der Waals surface area contributed by atoms with E-state index in [0.29, 0.717) is 0 Å². The summed E-state index contributed by atoms with van der Waals surface area (Å²) in [6.45, 7) is 1.54. The molecule has 0 aliphatic carbocycles. The van der Waals surface area contributed by atoms with Crippen LogP contribution in [0.5, 0.6) is 0 Å². The highest BCUT2D eigenvalue weighted by atomic mass is 19.1. The molecule has 1 saturated heterocycles. The standard InChI is InChI=1S/C4H5N.C3H3FO3.C3H2O3/c1-2-3-4-5;4-2-1-6-3(5)7-2;4-3-5-1-2-6-3/h2-3H,1H3;2H,1H2;1-2H. The lowest BCUT2D eigenvalue weighted by atomic mass is 10.6. The average molecular weight is 259 g/mol. The van der Waals surface area contributed by atoms with Gasteiger partial charge in [-0.15, -0.1) is 0 Å². The molecule has 1 unspecified atom stereocenters. The van der Waals surface area contributed by atoms with Crippen molar-refractivity contribution in [3.8, 4) is 6.07 Å². The van der Waals surface area contributed by atoms with Gasteiger partial charge in [0.1, 0.15) is 12.5 Å². The van der Waals surface area contributed by atoms with Crippen molar-refractivity contribution >= 4 is 6.16 Å². The van der Waals surface area contributed by atoms with Crippen LogP contribution in [0.15, 0.2) is 38.3 Å². The number of nitrogens with zero attached hydrogens (tertiary/aromatic N) is 1. The molecule has 98 valence electrons. The van der Waals surface area contributed by atoms with Gasteiger partial charge in [-0.1, -0.05) is 6.08 Å². The predicted octanol–water partition coefficient (Wildman–Crippen LogP) is 1.77. The minimum absolute atomic E-state index is 0.265. The lowest BCUT2D eigenvalue weighted by Gasteiger charge is -1.85. The molecule has 1 aromatic heterocycles. The van der Waals surface area contributed by atoms with Gasteiger partial charge in [-0.2, -0.15) is 9.65 Å². The Balaban J connectivity index is 0.000000245. The Hall–Kier alpha value is -2.56. The molecule has 18 heavy (non-hydrogen) atoms. The number of alkyl halides is 1. The van der Waals surface area contributed by atoms with Gasteiger partial charge in [0, 0.05) is 6.08 Å². The number of halogens is 1. The number of rotatable bonds is 0. The summed E-state index contributed by atoms with van der Waals surface area (Å²) in [4.78, 5) is 19.5. The third-order valence-electron chi connectivity index (χ3n) is 1.18. The number of carbonyl (C=O) groups excluding carboxylic acids is 1. The molecule has 1 atom stereocenters. The van der Waals surface area contributed by atoms with Gasteiger partial charge < -0.3 is 18.3 Å². The molecular formula is C10H10FNO6. The van der Waals surface area contributed by atoms with Crippen LogP contribution >= 0.6 is 0 Å². The summed E-state index contributed by atoms with van der Waals surface area (Å²) < 4.78 is 27.7. The van der Waals surface area contributed by atoms with E-state index in [1.165, 1.54) is 18.6 Å². The zero-order chi connectivity index (χ0) is 13.8. The molecule has 0 N–H and O–H groups in total. The fourth-order valence-corrected chi connectivity index (χ4v) is 0.575. The van der Waals surface area contributed by atoms with Crippen LogP contribution in [0.2, 0.25) is 0 Å². The van der Waals surface area contributed by atoms with Crippen LogP contribution in [0.4, 0.5) is 9.18 Å². The Morgan fingerprint density at radius 1 is 1.44 bits per heavy atom. The van der Waals surface area contributed by atoms with Gasteiger partial charge in [-0.05, 0) is 6.92 Å². The van der Waals surface area contributed by atoms with E-state index in [-0.39, 0.29) is 6.61 Å². The van der Waals surface area contributed by atoms with E-state index in [1.54, 1.807) is 6.08 Å². The maximum atomic E-state index is 11.6. The summed E-state index contributed by atoms with van der Waals surface area (Å²) in [7, 11) is 0. The molecule has 7 nitrogen and oxygen atoms in total. The fraction of sp³-hybridized carbons (Fsp3) is 0.300. The van der Waals surface area contributed by atoms with Crippen LogP contribution in [0.1, 0.15) is 6.92 Å². The summed E-state index contributed by atoms with van der Waals surface area (Å²) in [5.74, 6) is -0.657. The number of ether oxygens (including phenoxy) is 2. The molecular weight excluding hydrogens is 249 g/mol. The lowest BCUT2D eigenvalue weighted by Crippen LogP contribution is -1.98. The first-order valence-corrected chi connectivity index (χ1v) is 4.60. The summed E-state index contributed by atoms with van der Waals surface area (Å²) >= 11 is 0. The highest BCUT2D eigenvalue weighted by molar-refractivity contribution is 5.61. The van der Waals surface area contributed by atoms with Gasteiger partial charge in [-0.3, -0.25) is 0 Å². The van der Waals surface area contributed by atoms with Gasteiger partial charge in [0.2, 0.25) is 0 Å². The second-order valence-electron chi connectivity index (χ2n) is 2.48. The zero-order valence-corrected chi connectivity index (χ0v) is 9.37. The van der Waals surface area contributed by atoms with E-state index in [9.17, 15) is 14.0 Å². The molecule has 0 radical (unpaired) electrons. The van der Waals surface area contributed by atoms with E-state index in [4.69, 9.17) is 5.26 Å². The Kier molecular flexibility index (Phi) is 8.28. The van der Waals surface area contributed by atoms with Crippen LogP contribution in [0, 0.1) is 11.3 Å². The van der Waals surface area contributed by atoms with Crippen molar-refractivity contribution in [3.05, 3.63) is 35.3 Å². The number of allylic oxidation sites excluding steroid dienone is 2. The summed E-state index contributed by atoms with van der Waals surface area (Å²) in [6.07, 6.45) is 3.02. The Labute approximate surface area is 101 Å². The van der Waals surface area contributed by atoms with Crippen LogP contribution in [-0.4, -0.2) is 19.1 Å². The van der Waals surface area contributed by atoms with Crippen molar-refractivity contribution in [1.82, 2.24) is 0 Å². The zero-order valence-electron chi connectivity index (χ0n) is 9.37. The fourth-order valence-electron chi connectivity index (χ4n) is 0.575. The molecule has 0 bridgehead atoms. The van der Waals surface area contributed by atoms with Crippen molar-refractivity contribution < 1.29 is 27.5 Å². The quantitative estimate of drug-likeness (QED) is 0.516. The van der Waals surface area contributed by atoms with E-state index in [1.807, 2.05) is 13.0 Å². The van der Waals surface area contributed by atoms with E-state index in [0.717, 1.165) is 0 Å². The molecule has 0 aromatic carbocycles. The SMILES string of the molecule is CC=CC#N.O=C1OCC(F)O1.O=c1occo1. The van der Waals surface area contributed by atoms with E-state index >= 15 is 0 Å². The minimum Gasteiger partial charge on any atom is -0.427 e. The number of nitriles is 1. The number of hydrogen-bond acceptors (Lipinski definition) is 7. The number of hydrogen-bond donors (Lipinski definition) is 0. The van der Waals surface area contributed by atoms with Crippen LogP contribution in [0.25, 0.3) is 0 Å². The maximum Gasteiger partial charge on any atom is 0.518 e. The van der Waals surface area contributed by atoms with Crippen LogP contribution < -0.4 is 5.82 Å². The maximum absolute atomic E-state index is 11.6. The summed E-state index contributed by atoms with van der Waals surface area (Å²) in [6, 6.07) is 1.84. The van der Waals surface area contributed by atoms with E-state index < -0.39 is 18.3 Å². The lowest BCUT2D eigenvalue weighted by molar-refractivity contribution is 0.0573. The molecule has 0 spiro atoms. The largest absolute Gasteiger partial charge is 0.518 e. The van der Waals surface area contributed by atoms with Gasteiger partial charge in [0.25, 0.3) is 6.36 Å². The first-order valence-electron chi connectivity index (χ1n) is 4.60. The molecule has 1 aliphatic heterocycles. The monoisotopic (exact) mass is 259 g/mol. The van der Waals surface area contributed by atoms with Crippen molar-refractivity contribution in [1.29, 1.82) is 5.26 Å². The van der Waals surface area contributed by atoms with Crippen molar-refractivity contribution in [3.63, 3.8) is 0 Å². The topological polar surface area (TPSA) is 103 Å². The Morgan fingerprint density at radius 2 is 2.06 bits per heavy atom. The van der Waals surface area contributed by atoms with Crippen molar-refractivity contribution in [2.75, 3.05) is 6.61 Å². The number of carbonyl (C=O) groups is 1. The average Bonchev–Trinajstić information content (AvgIpc) is 2.93. The van der Waals surface area contributed by atoms with Gasteiger partial charge in [0.15, 0.2) is 6.61 Å². The predicted molar refractivity (Wildman–Crippen MR) is 55.0 cm³/mol. The summed E-state index contributed by atoms with van der Waals surface area (Å²) in [5.41, 5.74) is 0. The first-order chi connectivity index (χ1) is 8.60. The molecule has 0 saturated carbocycles. The number of cyclic esters (lactones) is 2. The van der Waals surface area contributed by atoms with Crippen molar-refractivity contribution in [2.24, 2.45) is 0 Å². The summed E-state index contributed by atoms with van der Waals surface area (Å²) in [5, 5.41) is 7.73. The van der Waals surface area contributed by atoms with E-state index in [2.05, 4.69) is 18.3 Å². The Bertz CT molecular complexity index is 441. The third kappa shape index (κ3) is 8.72. The highest BCUT2D eigenvalue weighted by Gasteiger charge is 2.23. The molecule has 2 heterocycles. The van der Waals surface area contributed by atoms with Crippen molar-refractivity contribution in [2.45, 2.75) is 13.3 Å². The minimum atomic E-state index is -1.55. The van der Waals surface area contributed by atoms with Crippen LogP contribution in [-0.2, 0) is 9.47 Å². The molecule has 0 amide bonds. The first kappa shape index (κ1) is 15.4. The molecule has 1 fully saturated rings. The van der Waals surface area contributed by atoms with Gasteiger partial charge >= 0.3 is 12.0 Å². The smallest absolute Gasteiger partial charge is 0.427 e. The van der Waals surface area contributed by atoms with Gasteiger partial charge in [-0.25, -0.2) is 9.59 Å². The van der Waals surface area contributed by atoms with Crippen LogP contribution in [0.3, 0.4) is 0 Å². The molecule has 2 rings (SSSR count).